The molecule has 0 bridgehead atoms. The van der Waals surface area contributed by atoms with Crippen molar-refractivity contribution in [2.75, 3.05) is 6.54 Å². The van der Waals surface area contributed by atoms with Gasteiger partial charge >= 0.3 is 0 Å². The average Bonchev–Trinajstić information content (AvgIpc) is 2.65. The highest BCUT2D eigenvalue weighted by Gasteiger charge is 2.33. The smallest absolute Gasteiger partial charge is 0.0771 e. The minimum absolute atomic E-state index is 0.488. The maximum atomic E-state index is 9.99. The lowest BCUT2D eigenvalue weighted by atomic mass is 9.80. The molecule has 0 aliphatic heterocycles. The maximum absolute atomic E-state index is 9.99. The van der Waals surface area contributed by atoms with Crippen molar-refractivity contribution in [3.05, 3.63) is 35.0 Å². The van der Waals surface area contributed by atoms with E-state index in [1.54, 1.807) is 0 Å². The third-order valence-corrected chi connectivity index (χ3v) is 4.19. The Kier molecular flexibility index (Phi) is 3.06. The van der Waals surface area contributed by atoms with Crippen molar-refractivity contribution in [1.29, 1.82) is 0 Å². The van der Waals surface area contributed by atoms with Gasteiger partial charge in [-0.2, -0.15) is 0 Å². The van der Waals surface area contributed by atoms with Crippen molar-refractivity contribution in [2.45, 2.75) is 31.4 Å². The molecule has 1 heterocycles. The van der Waals surface area contributed by atoms with Crippen LogP contribution < -0.4 is 5.32 Å². The molecule has 3 N–H and O–H groups in total. The van der Waals surface area contributed by atoms with E-state index in [9.17, 15) is 5.11 Å². The zero-order valence-corrected chi connectivity index (χ0v) is 10.9. The second-order valence-electron chi connectivity index (χ2n) is 5.14. The van der Waals surface area contributed by atoms with Gasteiger partial charge in [-0.25, -0.2) is 0 Å². The Morgan fingerprint density at radius 1 is 1.33 bits per heavy atom. The molecule has 96 valence electrons. The number of hydrogen-bond acceptors (Lipinski definition) is 2. The zero-order valence-electron chi connectivity index (χ0n) is 10.2. The molecule has 1 aromatic carbocycles. The largest absolute Gasteiger partial charge is 0.389 e. The Morgan fingerprint density at radius 3 is 2.78 bits per heavy atom. The van der Waals surface area contributed by atoms with Crippen LogP contribution in [-0.2, 0) is 6.54 Å². The van der Waals surface area contributed by atoms with Gasteiger partial charge in [0.1, 0.15) is 0 Å². The summed E-state index contributed by atoms with van der Waals surface area (Å²) in [5, 5.41) is 15.1. The summed E-state index contributed by atoms with van der Waals surface area (Å²) >= 11 is 6.32. The molecule has 3 nitrogen and oxygen atoms in total. The van der Waals surface area contributed by atoms with Gasteiger partial charge < -0.3 is 15.4 Å². The van der Waals surface area contributed by atoms with Crippen LogP contribution in [0, 0.1) is 0 Å². The fourth-order valence-electron chi connectivity index (χ4n) is 2.47. The fourth-order valence-corrected chi connectivity index (χ4v) is 2.75. The van der Waals surface area contributed by atoms with E-state index in [2.05, 4.69) is 10.3 Å². The lowest BCUT2D eigenvalue weighted by molar-refractivity contribution is -0.0315. The Bertz CT molecular complexity index is 560. The summed E-state index contributed by atoms with van der Waals surface area (Å²) in [5.41, 5.74) is 1.56. The Balaban J connectivity index is 1.69. The number of aliphatic hydroxyl groups is 1. The van der Waals surface area contributed by atoms with Gasteiger partial charge in [0, 0.05) is 29.7 Å². The Hall–Kier alpha value is -1.03. The molecule has 3 rings (SSSR count). The predicted octanol–water partition coefficient (Wildman–Crippen LogP) is 2.83. The predicted molar refractivity (Wildman–Crippen MR) is 73.8 cm³/mol. The summed E-state index contributed by atoms with van der Waals surface area (Å²) in [6.07, 6.45) is 2.94. The Labute approximate surface area is 111 Å². The summed E-state index contributed by atoms with van der Waals surface area (Å²) in [7, 11) is 0. The van der Waals surface area contributed by atoms with Crippen LogP contribution in [0.4, 0.5) is 0 Å². The molecule has 4 heteroatoms. The summed E-state index contributed by atoms with van der Waals surface area (Å²) < 4.78 is 0. The van der Waals surface area contributed by atoms with Crippen LogP contribution in [-0.4, -0.2) is 22.2 Å². The first-order chi connectivity index (χ1) is 8.68. The van der Waals surface area contributed by atoms with Gasteiger partial charge in [-0.05, 0) is 25.3 Å². The second-order valence-corrected chi connectivity index (χ2v) is 5.52. The highest BCUT2D eigenvalue weighted by Crippen LogP contribution is 2.31. The first-order valence-electron chi connectivity index (χ1n) is 6.36. The normalized spacial score (nSPS) is 17.9. The van der Waals surface area contributed by atoms with Crippen LogP contribution in [0.15, 0.2) is 24.3 Å². The minimum Gasteiger partial charge on any atom is -0.389 e. The van der Waals surface area contributed by atoms with E-state index in [4.69, 9.17) is 11.6 Å². The van der Waals surface area contributed by atoms with Crippen molar-refractivity contribution in [3.63, 3.8) is 0 Å². The lowest BCUT2D eigenvalue weighted by Gasteiger charge is -2.36. The number of H-pyrrole nitrogens is 1. The van der Waals surface area contributed by atoms with E-state index in [1.807, 2.05) is 24.3 Å². The molecule has 18 heavy (non-hydrogen) atoms. The topological polar surface area (TPSA) is 48.0 Å². The van der Waals surface area contributed by atoms with Crippen LogP contribution in [0.1, 0.15) is 25.0 Å². The van der Waals surface area contributed by atoms with Crippen molar-refractivity contribution < 1.29 is 5.11 Å². The van der Waals surface area contributed by atoms with Crippen LogP contribution in [0.2, 0.25) is 5.02 Å². The molecule has 0 atom stereocenters. The van der Waals surface area contributed by atoms with Gasteiger partial charge in [0.05, 0.1) is 10.6 Å². The van der Waals surface area contributed by atoms with E-state index in [0.717, 1.165) is 40.9 Å². The van der Waals surface area contributed by atoms with Crippen LogP contribution in [0.25, 0.3) is 10.9 Å². The van der Waals surface area contributed by atoms with E-state index in [-0.39, 0.29) is 0 Å². The van der Waals surface area contributed by atoms with E-state index >= 15 is 0 Å². The quantitative estimate of drug-likeness (QED) is 0.795. The first kappa shape index (κ1) is 12.0. The molecule has 1 saturated carbocycles. The lowest BCUT2D eigenvalue weighted by Crippen LogP contribution is -2.46. The Morgan fingerprint density at radius 2 is 2.11 bits per heavy atom. The van der Waals surface area contributed by atoms with Crippen LogP contribution >= 0.6 is 11.6 Å². The molecule has 0 saturated heterocycles. The van der Waals surface area contributed by atoms with Crippen LogP contribution in [0.5, 0.6) is 0 Å². The molecule has 1 aliphatic rings. The minimum atomic E-state index is -0.488. The molecule has 0 spiro atoms. The number of benzene rings is 1. The molecule has 0 amide bonds. The van der Waals surface area contributed by atoms with Gasteiger partial charge in [0.15, 0.2) is 0 Å². The highest BCUT2D eigenvalue weighted by molar-refractivity contribution is 6.36. The number of aromatic nitrogens is 1. The third kappa shape index (κ3) is 2.14. The number of para-hydroxylation sites is 1. The van der Waals surface area contributed by atoms with Gasteiger partial charge in [-0.3, -0.25) is 0 Å². The van der Waals surface area contributed by atoms with Crippen molar-refractivity contribution in [3.8, 4) is 0 Å². The van der Waals surface area contributed by atoms with E-state index < -0.39 is 5.60 Å². The highest BCUT2D eigenvalue weighted by atomic mass is 35.5. The second kappa shape index (κ2) is 4.57. The number of nitrogens with one attached hydrogen (secondary N) is 2. The molecule has 1 aliphatic carbocycles. The van der Waals surface area contributed by atoms with Gasteiger partial charge in [0.25, 0.3) is 0 Å². The van der Waals surface area contributed by atoms with Crippen molar-refractivity contribution >= 4 is 22.5 Å². The van der Waals surface area contributed by atoms with Gasteiger partial charge in [0.2, 0.25) is 0 Å². The van der Waals surface area contributed by atoms with E-state index in [1.165, 1.54) is 0 Å². The molecule has 0 unspecified atom stereocenters. The molecular formula is C14H17ClN2O. The summed E-state index contributed by atoms with van der Waals surface area (Å²) in [6, 6.07) is 8.00. The first-order valence-corrected chi connectivity index (χ1v) is 6.74. The number of rotatable bonds is 4. The SMILES string of the molecule is OC1(CNCc2[nH]c3ccccc3c2Cl)CCC1. The van der Waals surface area contributed by atoms with Gasteiger partial charge in [-0.15, -0.1) is 0 Å². The maximum Gasteiger partial charge on any atom is 0.0771 e. The van der Waals surface area contributed by atoms with Crippen molar-refractivity contribution in [1.82, 2.24) is 10.3 Å². The third-order valence-electron chi connectivity index (χ3n) is 3.75. The molecule has 0 radical (unpaired) electrons. The molecule has 2 aromatic rings. The van der Waals surface area contributed by atoms with Crippen molar-refractivity contribution in [2.24, 2.45) is 0 Å². The summed E-state index contributed by atoms with van der Waals surface area (Å²) in [5.74, 6) is 0. The molecule has 1 fully saturated rings. The number of aromatic amines is 1. The average molecular weight is 265 g/mol. The summed E-state index contributed by atoms with van der Waals surface area (Å²) in [4.78, 5) is 3.31. The standard InChI is InChI=1S/C14H17ClN2O/c15-13-10-4-1-2-5-11(10)17-12(13)8-16-9-14(18)6-3-7-14/h1-2,4-5,16-18H,3,6-9H2. The fraction of sp³-hybridized carbons (Fsp3) is 0.429. The number of fused-ring (bicyclic) bond motifs is 1. The number of hydrogen-bond donors (Lipinski definition) is 3. The molecular weight excluding hydrogens is 248 g/mol. The monoisotopic (exact) mass is 264 g/mol. The van der Waals surface area contributed by atoms with Gasteiger partial charge in [-0.1, -0.05) is 29.8 Å². The molecule has 1 aromatic heterocycles. The summed E-state index contributed by atoms with van der Waals surface area (Å²) in [6.45, 7) is 1.30. The van der Waals surface area contributed by atoms with Crippen LogP contribution in [0.3, 0.4) is 0 Å². The zero-order chi connectivity index (χ0) is 12.6. The number of halogens is 1. The van der Waals surface area contributed by atoms with E-state index in [0.29, 0.717) is 13.1 Å².